The Labute approximate surface area is 291 Å². The molecule has 49 heavy (non-hydrogen) atoms. The van der Waals surface area contributed by atoms with Gasteiger partial charge in [-0.15, -0.1) is 22.7 Å². The number of fused-ring (bicyclic) bond motifs is 8. The summed E-state index contributed by atoms with van der Waals surface area (Å²) in [5.41, 5.74) is 13.7. The summed E-state index contributed by atoms with van der Waals surface area (Å²) in [6.07, 6.45) is 0. The number of aromatic nitrogens is 4. The van der Waals surface area contributed by atoms with Gasteiger partial charge in [-0.2, -0.15) is 0 Å². The van der Waals surface area contributed by atoms with Gasteiger partial charge in [0.25, 0.3) is 0 Å². The van der Waals surface area contributed by atoms with E-state index in [2.05, 4.69) is 105 Å². The molecule has 0 fully saturated rings. The summed E-state index contributed by atoms with van der Waals surface area (Å²) in [6, 6.07) is 45.0. The Morgan fingerprint density at radius 2 is 1.12 bits per heavy atom. The smallest absolute Gasteiger partial charge is 0.165 e. The molecule has 0 spiro atoms. The van der Waals surface area contributed by atoms with Crippen molar-refractivity contribution >= 4 is 53.1 Å². The summed E-state index contributed by atoms with van der Waals surface area (Å²) < 4.78 is 3.69. The van der Waals surface area contributed by atoms with Crippen molar-refractivity contribution in [3.8, 4) is 56.4 Å². The van der Waals surface area contributed by atoms with E-state index < -0.39 is 0 Å². The summed E-state index contributed by atoms with van der Waals surface area (Å²) in [6.45, 7) is 4.68. The topological polar surface area (TPSA) is 51.6 Å². The van der Waals surface area contributed by atoms with Crippen LogP contribution in [0.25, 0.3) is 86.8 Å². The molecule has 0 aliphatic heterocycles. The molecule has 0 bridgehead atoms. The fourth-order valence-electron chi connectivity index (χ4n) is 7.54. The second-order valence-corrected chi connectivity index (χ2v) is 15.0. The molecule has 4 nitrogen and oxygen atoms in total. The first kappa shape index (κ1) is 28.5. The molecule has 3 aromatic heterocycles. The fraction of sp³-hybridized carbons (Fsp3) is 0.0698. The van der Waals surface area contributed by atoms with E-state index in [4.69, 9.17) is 19.9 Å². The van der Waals surface area contributed by atoms with E-state index in [9.17, 15) is 0 Å². The maximum atomic E-state index is 5.07. The van der Waals surface area contributed by atoms with E-state index in [-0.39, 0.29) is 5.41 Å². The van der Waals surface area contributed by atoms with Crippen LogP contribution < -0.4 is 0 Å². The zero-order valence-electron chi connectivity index (χ0n) is 26.8. The molecule has 6 aromatic carbocycles. The predicted molar refractivity (Wildman–Crippen MR) is 205 cm³/mol. The second kappa shape index (κ2) is 10.7. The molecule has 0 atom stereocenters. The van der Waals surface area contributed by atoms with Crippen LogP contribution in [0.3, 0.4) is 0 Å². The second-order valence-electron chi connectivity index (χ2n) is 13.1. The van der Waals surface area contributed by atoms with E-state index in [1.165, 1.54) is 58.3 Å². The normalized spacial score (nSPS) is 13.3. The third kappa shape index (κ3) is 4.34. The maximum Gasteiger partial charge on any atom is 0.165 e. The minimum Gasteiger partial charge on any atom is -0.244 e. The van der Waals surface area contributed by atoms with E-state index in [0.717, 1.165) is 22.2 Å². The highest BCUT2D eigenvalue weighted by Gasteiger charge is 2.38. The van der Waals surface area contributed by atoms with Crippen molar-refractivity contribution in [3.63, 3.8) is 0 Å². The molecule has 0 N–H and O–H groups in total. The SMILES string of the molecule is CC1(C)c2cc(-c3cccc4c3sc3c(-c5nc(-c6ccccc6)nc(-c6ccccc6)n5)cccc34)ccc2-c2ccc3scnc3c21. The van der Waals surface area contributed by atoms with Crippen LogP contribution in [0.1, 0.15) is 25.0 Å². The Hall–Kier alpha value is -5.56. The third-order valence-electron chi connectivity index (χ3n) is 9.89. The number of nitrogens with zero attached hydrogens (tertiary/aromatic N) is 4. The van der Waals surface area contributed by atoms with Crippen LogP contribution in [0.4, 0.5) is 0 Å². The predicted octanol–water partition coefficient (Wildman–Crippen LogP) is 11.8. The first-order valence-electron chi connectivity index (χ1n) is 16.4. The molecule has 3 heterocycles. The Balaban J connectivity index is 1.15. The highest BCUT2D eigenvalue weighted by molar-refractivity contribution is 7.26. The van der Waals surface area contributed by atoms with Crippen LogP contribution in [0, 0.1) is 0 Å². The van der Waals surface area contributed by atoms with E-state index >= 15 is 0 Å². The molecule has 10 rings (SSSR count). The van der Waals surface area contributed by atoms with Crippen LogP contribution >= 0.6 is 22.7 Å². The lowest BCUT2D eigenvalue weighted by Gasteiger charge is -2.22. The first-order chi connectivity index (χ1) is 24.0. The van der Waals surface area contributed by atoms with Crippen molar-refractivity contribution < 1.29 is 0 Å². The molecular formula is C43H28N4S2. The number of rotatable bonds is 4. The molecule has 0 saturated heterocycles. The molecule has 0 amide bonds. The van der Waals surface area contributed by atoms with Crippen molar-refractivity contribution in [1.29, 1.82) is 0 Å². The summed E-state index contributed by atoms with van der Waals surface area (Å²) in [4.78, 5) is 19.9. The molecule has 1 aliphatic rings. The molecule has 6 heteroatoms. The Bertz CT molecular complexity index is 2690. The van der Waals surface area contributed by atoms with Crippen molar-refractivity contribution in [2.45, 2.75) is 19.3 Å². The molecule has 0 saturated carbocycles. The summed E-state index contributed by atoms with van der Waals surface area (Å²) >= 11 is 3.54. The monoisotopic (exact) mass is 664 g/mol. The summed E-state index contributed by atoms with van der Waals surface area (Å²) in [5.74, 6) is 2.01. The minimum atomic E-state index is -0.152. The number of hydrogen-bond donors (Lipinski definition) is 0. The first-order valence-corrected chi connectivity index (χ1v) is 18.1. The minimum absolute atomic E-state index is 0.152. The van der Waals surface area contributed by atoms with Gasteiger partial charge in [0.2, 0.25) is 0 Å². The lowest BCUT2D eigenvalue weighted by atomic mass is 9.81. The molecule has 1 aliphatic carbocycles. The summed E-state index contributed by atoms with van der Waals surface area (Å²) in [7, 11) is 0. The largest absolute Gasteiger partial charge is 0.244 e. The van der Waals surface area contributed by atoms with Gasteiger partial charge in [0.05, 0.1) is 15.7 Å². The van der Waals surface area contributed by atoms with Gasteiger partial charge in [-0.1, -0.05) is 123 Å². The number of hydrogen-bond acceptors (Lipinski definition) is 6. The standard InChI is InChI=1S/C43H28N4S2/c1-43(2)34-23-27(19-20-29(34)30-21-22-35-37(36(30)43)44-24-48-35)28-15-9-16-31-32-17-10-18-33(39(32)49-38(28)31)42-46-40(25-11-5-3-6-12-25)45-41(47-42)26-13-7-4-8-14-26/h3-24H,1-2H3. The number of thiazole rings is 1. The van der Waals surface area contributed by atoms with Gasteiger partial charge >= 0.3 is 0 Å². The number of benzene rings is 6. The van der Waals surface area contributed by atoms with E-state index in [1.54, 1.807) is 11.3 Å². The average Bonchev–Trinajstić information content (AvgIpc) is 3.85. The van der Waals surface area contributed by atoms with Crippen LogP contribution in [-0.4, -0.2) is 19.9 Å². The van der Waals surface area contributed by atoms with Crippen molar-refractivity contribution in [1.82, 2.24) is 19.9 Å². The van der Waals surface area contributed by atoms with Crippen molar-refractivity contribution in [3.05, 3.63) is 144 Å². The zero-order chi connectivity index (χ0) is 32.7. The van der Waals surface area contributed by atoms with Crippen molar-refractivity contribution in [2.24, 2.45) is 0 Å². The van der Waals surface area contributed by atoms with Crippen LogP contribution in [0.5, 0.6) is 0 Å². The van der Waals surface area contributed by atoms with Crippen LogP contribution in [0.15, 0.2) is 133 Å². The lowest BCUT2D eigenvalue weighted by molar-refractivity contribution is 0.665. The van der Waals surface area contributed by atoms with Crippen LogP contribution in [0.2, 0.25) is 0 Å². The fourth-order valence-corrected chi connectivity index (χ4v) is 9.57. The van der Waals surface area contributed by atoms with Gasteiger partial charge in [-0.25, -0.2) is 19.9 Å². The van der Waals surface area contributed by atoms with E-state index in [0.29, 0.717) is 17.5 Å². The molecular weight excluding hydrogens is 637 g/mol. The Kier molecular flexibility index (Phi) is 6.23. The van der Waals surface area contributed by atoms with E-state index in [1.807, 2.05) is 53.2 Å². The average molecular weight is 665 g/mol. The molecule has 9 aromatic rings. The van der Waals surface area contributed by atoms with Gasteiger partial charge in [0.15, 0.2) is 17.5 Å². The van der Waals surface area contributed by atoms with Gasteiger partial charge in [-0.05, 0) is 51.6 Å². The van der Waals surface area contributed by atoms with Gasteiger partial charge < -0.3 is 0 Å². The molecule has 0 radical (unpaired) electrons. The highest BCUT2D eigenvalue weighted by atomic mass is 32.1. The molecule has 232 valence electrons. The van der Waals surface area contributed by atoms with Crippen LogP contribution in [-0.2, 0) is 5.41 Å². The lowest BCUT2D eigenvalue weighted by Crippen LogP contribution is -2.15. The zero-order valence-corrected chi connectivity index (χ0v) is 28.4. The van der Waals surface area contributed by atoms with Crippen molar-refractivity contribution in [2.75, 3.05) is 0 Å². The van der Waals surface area contributed by atoms with Gasteiger partial charge in [0.1, 0.15) is 0 Å². The third-order valence-corrected chi connectivity index (χ3v) is 12.0. The maximum absolute atomic E-state index is 5.07. The number of thiophene rings is 1. The van der Waals surface area contributed by atoms with Gasteiger partial charge in [0, 0.05) is 42.3 Å². The quantitative estimate of drug-likeness (QED) is 0.188. The Morgan fingerprint density at radius 1 is 0.510 bits per heavy atom. The highest BCUT2D eigenvalue weighted by Crippen LogP contribution is 2.53. The van der Waals surface area contributed by atoms with Gasteiger partial charge in [-0.3, -0.25) is 0 Å². The molecule has 0 unspecified atom stereocenters. The summed E-state index contributed by atoms with van der Waals surface area (Å²) in [5, 5.41) is 2.45. The Morgan fingerprint density at radius 3 is 1.82 bits per heavy atom.